The third kappa shape index (κ3) is 1.79. The van der Waals surface area contributed by atoms with E-state index in [0.29, 0.717) is 6.42 Å². The molecule has 0 saturated heterocycles. The first kappa shape index (κ1) is 11.6. The molecule has 0 bridgehead atoms. The Morgan fingerprint density at radius 2 is 2.17 bits per heavy atom. The van der Waals surface area contributed by atoms with Crippen LogP contribution in [0.2, 0.25) is 0 Å². The van der Waals surface area contributed by atoms with Crippen molar-refractivity contribution in [3.05, 3.63) is 29.3 Å². The molecule has 0 spiro atoms. The minimum Gasteiger partial charge on any atom is -0.295 e. The quantitative estimate of drug-likeness (QED) is 0.793. The first-order chi connectivity index (χ1) is 8.46. The minimum absolute atomic E-state index is 0.0277. The third-order valence-electron chi connectivity index (χ3n) is 3.30. The lowest BCUT2D eigenvalue weighted by Gasteiger charge is -2.29. The summed E-state index contributed by atoms with van der Waals surface area (Å²) in [7, 11) is 0. The molecular formula is C13H15N3OS. The van der Waals surface area contributed by atoms with Crippen LogP contribution in [0.25, 0.3) is 5.13 Å². The van der Waals surface area contributed by atoms with Gasteiger partial charge in [0, 0.05) is 35.4 Å². The number of hydrogen-bond acceptors (Lipinski definition) is 4. The fourth-order valence-corrected chi connectivity index (χ4v) is 3.19. The molecule has 2 heterocycles. The Morgan fingerprint density at radius 3 is 2.83 bits per heavy atom. The Morgan fingerprint density at radius 1 is 1.39 bits per heavy atom. The molecule has 94 valence electrons. The van der Waals surface area contributed by atoms with Gasteiger partial charge in [-0.25, -0.2) is 4.98 Å². The summed E-state index contributed by atoms with van der Waals surface area (Å²) < 4.78 is 6.21. The fourth-order valence-electron chi connectivity index (χ4n) is 2.51. The number of carbonyl (C=O) groups excluding carboxylic acids is 1. The highest BCUT2D eigenvalue weighted by molar-refractivity contribution is 7.08. The number of ketones is 1. The molecule has 0 N–H and O–H groups in total. The molecule has 1 aliphatic rings. The highest BCUT2D eigenvalue weighted by atomic mass is 32.1. The van der Waals surface area contributed by atoms with E-state index in [1.807, 2.05) is 23.8 Å². The van der Waals surface area contributed by atoms with Gasteiger partial charge in [0.25, 0.3) is 0 Å². The molecule has 0 amide bonds. The second-order valence-corrected chi connectivity index (χ2v) is 6.34. The van der Waals surface area contributed by atoms with Crippen LogP contribution in [-0.4, -0.2) is 19.7 Å². The van der Waals surface area contributed by atoms with E-state index in [1.54, 1.807) is 0 Å². The van der Waals surface area contributed by atoms with E-state index in [4.69, 9.17) is 0 Å². The number of fused-ring (bicyclic) bond motifs is 1. The molecule has 0 aliphatic heterocycles. The zero-order chi connectivity index (χ0) is 12.9. The molecule has 4 nitrogen and oxygen atoms in total. The first-order valence-electron chi connectivity index (χ1n) is 6.00. The van der Waals surface area contributed by atoms with Gasteiger partial charge in [0.1, 0.15) is 5.82 Å². The molecular weight excluding hydrogens is 246 g/mol. The van der Waals surface area contributed by atoms with Gasteiger partial charge in [-0.3, -0.25) is 9.36 Å². The van der Waals surface area contributed by atoms with E-state index in [9.17, 15) is 4.79 Å². The Hall–Kier alpha value is -1.49. The molecule has 0 atom stereocenters. The van der Waals surface area contributed by atoms with E-state index < -0.39 is 0 Å². The molecule has 2 aromatic heterocycles. The number of nitrogens with zero attached hydrogens (tertiary/aromatic N) is 3. The molecule has 1 aliphatic carbocycles. The van der Waals surface area contributed by atoms with E-state index in [0.717, 1.165) is 28.6 Å². The zero-order valence-corrected chi connectivity index (χ0v) is 11.5. The molecule has 0 radical (unpaired) electrons. The first-order valence-corrected chi connectivity index (χ1v) is 6.78. The summed E-state index contributed by atoms with van der Waals surface area (Å²) in [6.07, 6.45) is 3.46. The van der Waals surface area contributed by atoms with E-state index >= 15 is 0 Å². The van der Waals surface area contributed by atoms with Gasteiger partial charge in [-0.2, -0.15) is 4.37 Å². The van der Waals surface area contributed by atoms with E-state index in [2.05, 4.69) is 23.2 Å². The Kier molecular flexibility index (Phi) is 2.41. The largest absolute Gasteiger partial charge is 0.295 e. The van der Waals surface area contributed by atoms with Gasteiger partial charge in [0.15, 0.2) is 5.78 Å². The van der Waals surface area contributed by atoms with Crippen LogP contribution in [0, 0.1) is 12.3 Å². The van der Waals surface area contributed by atoms with Gasteiger partial charge in [0.05, 0.1) is 0 Å². The van der Waals surface area contributed by atoms with Gasteiger partial charge < -0.3 is 0 Å². The second-order valence-electron chi connectivity index (χ2n) is 5.61. The van der Waals surface area contributed by atoms with Gasteiger partial charge in [-0.15, -0.1) is 0 Å². The van der Waals surface area contributed by atoms with Crippen molar-refractivity contribution in [2.45, 2.75) is 33.6 Å². The predicted octanol–water partition coefficient (Wildman–Crippen LogP) is 2.79. The topological polar surface area (TPSA) is 47.8 Å². The van der Waals surface area contributed by atoms with Crippen LogP contribution in [0.4, 0.5) is 0 Å². The van der Waals surface area contributed by atoms with Crippen molar-refractivity contribution in [1.29, 1.82) is 0 Å². The van der Waals surface area contributed by atoms with Crippen molar-refractivity contribution in [3.63, 3.8) is 0 Å². The van der Waals surface area contributed by atoms with Crippen LogP contribution in [0.15, 0.2) is 12.3 Å². The molecule has 5 heteroatoms. The lowest BCUT2D eigenvalue weighted by Crippen LogP contribution is -2.27. The second kappa shape index (κ2) is 3.75. The van der Waals surface area contributed by atoms with Crippen LogP contribution in [0.1, 0.15) is 42.1 Å². The summed E-state index contributed by atoms with van der Waals surface area (Å²) in [5, 5.41) is 0.847. The number of aromatic nitrogens is 3. The molecule has 3 rings (SSSR count). The van der Waals surface area contributed by atoms with Crippen LogP contribution in [-0.2, 0) is 6.42 Å². The van der Waals surface area contributed by atoms with Gasteiger partial charge in [-0.05, 0) is 24.8 Å². The van der Waals surface area contributed by atoms with Crippen molar-refractivity contribution in [2.75, 3.05) is 0 Å². The number of carbonyl (C=O) groups is 1. The summed E-state index contributed by atoms with van der Waals surface area (Å²) >= 11 is 1.37. The molecule has 0 saturated carbocycles. The maximum Gasteiger partial charge on any atom is 0.213 e. The van der Waals surface area contributed by atoms with E-state index in [1.165, 1.54) is 11.5 Å². The van der Waals surface area contributed by atoms with Crippen molar-refractivity contribution in [3.8, 4) is 5.13 Å². The monoisotopic (exact) mass is 261 g/mol. The maximum atomic E-state index is 12.1. The highest BCUT2D eigenvalue weighted by Gasteiger charge is 2.33. The lowest BCUT2D eigenvalue weighted by molar-refractivity contribution is 0.0911. The van der Waals surface area contributed by atoms with E-state index in [-0.39, 0.29) is 11.2 Å². The van der Waals surface area contributed by atoms with Crippen molar-refractivity contribution in [1.82, 2.24) is 13.9 Å². The summed E-state index contributed by atoms with van der Waals surface area (Å²) in [4.78, 5) is 16.5. The van der Waals surface area contributed by atoms with Crippen LogP contribution in [0.5, 0.6) is 0 Å². The predicted molar refractivity (Wildman–Crippen MR) is 70.4 cm³/mol. The Balaban J connectivity index is 2.12. The van der Waals surface area contributed by atoms with Crippen molar-refractivity contribution >= 4 is 17.3 Å². The highest BCUT2D eigenvalue weighted by Crippen LogP contribution is 2.36. The molecule has 0 unspecified atom stereocenters. The number of Topliss-reactive ketones (excluding diaryl/α,β-unsaturated/α-hetero) is 1. The molecule has 0 aromatic carbocycles. The SMILES string of the molecule is Cc1nsc(-n2ccc3c2CC(C)(C)CC3=O)n1. The summed E-state index contributed by atoms with van der Waals surface area (Å²) in [6.45, 7) is 6.15. The van der Waals surface area contributed by atoms with Gasteiger partial charge >= 0.3 is 0 Å². The summed E-state index contributed by atoms with van der Waals surface area (Å²) in [5.74, 6) is 1.01. The van der Waals surface area contributed by atoms with Gasteiger partial charge in [0.2, 0.25) is 5.13 Å². The molecule has 2 aromatic rings. The van der Waals surface area contributed by atoms with Crippen LogP contribution in [0.3, 0.4) is 0 Å². The maximum absolute atomic E-state index is 12.1. The molecule has 0 fully saturated rings. The Bertz CT molecular complexity index is 624. The smallest absolute Gasteiger partial charge is 0.213 e. The number of aryl methyl sites for hydroxylation is 1. The summed E-state index contributed by atoms with van der Waals surface area (Å²) in [6, 6.07) is 1.91. The lowest BCUT2D eigenvalue weighted by atomic mass is 9.76. The average Bonchev–Trinajstić information content (AvgIpc) is 2.82. The van der Waals surface area contributed by atoms with Crippen LogP contribution < -0.4 is 0 Å². The normalized spacial score (nSPS) is 17.8. The van der Waals surface area contributed by atoms with Gasteiger partial charge in [-0.1, -0.05) is 13.8 Å². The Labute approximate surface area is 110 Å². The minimum atomic E-state index is 0.0277. The zero-order valence-electron chi connectivity index (χ0n) is 10.7. The standard InChI is InChI=1S/C13H15N3OS/c1-8-14-12(18-15-8)16-5-4-9-10(16)6-13(2,3)7-11(9)17/h4-5H,6-7H2,1-3H3. The van der Waals surface area contributed by atoms with Crippen molar-refractivity contribution in [2.24, 2.45) is 5.41 Å². The third-order valence-corrected chi connectivity index (χ3v) is 4.11. The number of rotatable bonds is 1. The fraction of sp³-hybridized carbons (Fsp3) is 0.462. The average molecular weight is 261 g/mol. The molecule has 18 heavy (non-hydrogen) atoms. The van der Waals surface area contributed by atoms with Crippen molar-refractivity contribution < 1.29 is 4.79 Å². The number of hydrogen-bond donors (Lipinski definition) is 0. The van der Waals surface area contributed by atoms with Crippen LogP contribution >= 0.6 is 11.5 Å². The summed E-state index contributed by atoms with van der Waals surface area (Å²) in [5.41, 5.74) is 1.95.